The van der Waals surface area contributed by atoms with Crippen LogP contribution in [0.15, 0.2) is 12.1 Å². The van der Waals surface area contributed by atoms with Crippen LogP contribution in [0.2, 0.25) is 5.02 Å². The van der Waals surface area contributed by atoms with Gasteiger partial charge in [0.15, 0.2) is 0 Å². The third-order valence-electron chi connectivity index (χ3n) is 3.47. The van der Waals surface area contributed by atoms with Gasteiger partial charge in [-0.3, -0.25) is 9.69 Å². The Balaban J connectivity index is 1.97. The van der Waals surface area contributed by atoms with Gasteiger partial charge in [0.25, 0.3) is 5.91 Å². The molecular formula is C14H14ClF2N3O. The molecule has 0 saturated carbocycles. The van der Waals surface area contributed by atoms with E-state index in [2.05, 4.69) is 11.4 Å². The van der Waals surface area contributed by atoms with Gasteiger partial charge < -0.3 is 5.32 Å². The van der Waals surface area contributed by atoms with Crippen molar-refractivity contribution in [2.75, 3.05) is 19.6 Å². The molecule has 4 nitrogen and oxygen atoms in total. The molecule has 112 valence electrons. The molecule has 1 aliphatic heterocycles. The zero-order valence-corrected chi connectivity index (χ0v) is 12.0. The van der Waals surface area contributed by atoms with Crippen LogP contribution in [0.1, 0.15) is 23.2 Å². The van der Waals surface area contributed by atoms with Crippen molar-refractivity contribution in [3.63, 3.8) is 0 Å². The molecule has 1 N–H and O–H groups in total. The third kappa shape index (κ3) is 3.90. The number of carbonyl (C=O) groups excluding carboxylic acids is 1. The van der Waals surface area contributed by atoms with Crippen molar-refractivity contribution in [2.45, 2.75) is 18.9 Å². The summed E-state index contributed by atoms with van der Waals surface area (Å²) in [5.41, 5.74) is -0.351. The van der Waals surface area contributed by atoms with E-state index in [1.807, 2.05) is 4.90 Å². The zero-order valence-electron chi connectivity index (χ0n) is 11.2. The minimum Gasteiger partial charge on any atom is -0.349 e. The summed E-state index contributed by atoms with van der Waals surface area (Å²) >= 11 is 5.45. The highest BCUT2D eigenvalue weighted by atomic mass is 35.5. The molecule has 7 heteroatoms. The first-order valence-electron chi connectivity index (χ1n) is 6.56. The number of nitriles is 1. The molecular weight excluding hydrogens is 300 g/mol. The average Bonchev–Trinajstić information content (AvgIpc) is 2.45. The SMILES string of the molecule is N#CCN1CCC(NC(=O)c2cc(F)c(Cl)cc2F)CC1. The van der Waals surface area contributed by atoms with Crippen LogP contribution in [0.25, 0.3) is 0 Å². The van der Waals surface area contributed by atoms with E-state index in [0.717, 1.165) is 12.1 Å². The topological polar surface area (TPSA) is 56.1 Å². The van der Waals surface area contributed by atoms with Crippen LogP contribution < -0.4 is 5.32 Å². The van der Waals surface area contributed by atoms with E-state index in [1.54, 1.807) is 0 Å². The molecule has 0 spiro atoms. The van der Waals surface area contributed by atoms with Crippen LogP contribution in [-0.2, 0) is 0 Å². The van der Waals surface area contributed by atoms with Gasteiger partial charge in [-0.2, -0.15) is 5.26 Å². The molecule has 0 unspecified atom stereocenters. The highest BCUT2D eigenvalue weighted by Gasteiger charge is 2.22. The van der Waals surface area contributed by atoms with Gasteiger partial charge in [0.05, 0.1) is 23.2 Å². The number of amides is 1. The van der Waals surface area contributed by atoms with E-state index in [4.69, 9.17) is 16.9 Å². The Morgan fingerprint density at radius 2 is 2.05 bits per heavy atom. The van der Waals surface area contributed by atoms with Gasteiger partial charge in [-0.05, 0) is 25.0 Å². The highest BCUT2D eigenvalue weighted by molar-refractivity contribution is 6.30. The lowest BCUT2D eigenvalue weighted by molar-refractivity contribution is 0.0910. The molecule has 1 aliphatic rings. The quantitative estimate of drug-likeness (QED) is 0.688. The molecule has 1 aromatic carbocycles. The Hall–Kier alpha value is -1.71. The molecule has 1 heterocycles. The first-order chi connectivity index (χ1) is 10.0. The van der Waals surface area contributed by atoms with Crippen molar-refractivity contribution >= 4 is 17.5 Å². The fraction of sp³-hybridized carbons (Fsp3) is 0.429. The van der Waals surface area contributed by atoms with Gasteiger partial charge in [-0.25, -0.2) is 8.78 Å². The summed E-state index contributed by atoms with van der Waals surface area (Å²) in [6.45, 7) is 1.74. The van der Waals surface area contributed by atoms with Crippen LogP contribution in [0.3, 0.4) is 0 Å². The fourth-order valence-electron chi connectivity index (χ4n) is 2.30. The predicted octanol–water partition coefficient (Wildman–Crippen LogP) is 2.34. The zero-order chi connectivity index (χ0) is 15.4. The van der Waals surface area contributed by atoms with Gasteiger partial charge in [0.1, 0.15) is 11.6 Å². The van der Waals surface area contributed by atoms with Gasteiger partial charge in [0.2, 0.25) is 0 Å². The summed E-state index contributed by atoms with van der Waals surface area (Å²) in [6.07, 6.45) is 1.34. The van der Waals surface area contributed by atoms with Crippen molar-refractivity contribution in [1.29, 1.82) is 5.26 Å². The second-order valence-corrected chi connectivity index (χ2v) is 5.34. The van der Waals surface area contributed by atoms with Crippen LogP contribution in [-0.4, -0.2) is 36.5 Å². The Bertz CT molecular complexity index is 580. The molecule has 0 bridgehead atoms. The lowest BCUT2D eigenvalue weighted by Crippen LogP contribution is -2.44. The number of likely N-dealkylation sites (tertiary alicyclic amines) is 1. The van der Waals surface area contributed by atoms with E-state index in [9.17, 15) is 13.6 Å². The van der Waals surface area contributed by atoms with Crippen molar-refractivity contribution in [1.82, 2.24) is 10.2 Å². The Morgan fingerprint density at radius 1 is 1.38 bits per heavy atom. The predicted molar refractivity (Wildman–Crippen MR) is 73.9 cm³/mol. The van der Waals surface area contributed by atoms with Crippen molar-refractivity contribution < 1.29 is 13.6 Å². The molecule has 1 amide bonds. The minimum atomic E-state index is -0.846. The van der Waals surface area contributed by atoms with E-state index in [-0.39, 0.29) is 16.6 Å². The molecule has 0 atom stereocenters. The van der Waals surface area contributed by atoms with E-state index < -0.39 is 17.5 Å². The van der Waals surface area contributed by atoms with Gasteiger partial charge in [0, 0.05) is 19.1 Å². The molecule has 0 aromatic heterocycles. The number of nitrogens with zero attached hydrogens (tertiary/aromatic N) is 2. The number of nitrogens with one attached hydrogen (secondary N) is 1. The van der Waals surface area contributed by atoms with Crippen LogP contribution in [0.4, 0.5) is 8.78 Å². The van der Waals surface area contributed by atoms with E-state index in [0.29, 0.717) is 32.5 Å². The summed E-state index contributed by atoms with van der Waals surface area (Å²) in [5, 5.41) is 10.9. The lowest BCUT2D eigenvalue weighted by Gasteiger charge is -2.30. The Morgan fingerprint density at radius 3 is 2.67 bits per heavy atom. The van der Waals surface area contributed by atoms with Crippen molar-refractivity contribution in [3.05, 3.63) is 34.4 Å². The summed E-state index contributed by atoms with van der Waals surface area (Å²) in [4.78, 5) is 14.0. The molecule has 1 aromatic rings. The first kappa shape index (κ1) is 15.7. The number of benzene rings is 1. The van der Waals surface area contributed by atoms with E-state index in [1.165, 1.54) is 0 Å². The number of halogens is 3. The number of hydrogen-bond donors (Lipinski definition) is 1. The summed E-state index contributed by atoms with van der Waals surface area (Å²) in [7, 11) is 0. The van der Waals surface area contributed by atoms with Gasteiger partial charge in [-0.15, -0.1) is 0 Å². The molecule has 0 aliphatic carbocycles. The van der Waals surface area contributed by atoms with Crippen LogP contribution in [0, 0.1) is 23.0 Å². The van der Waals surface area contributed by atoms with E-state index >= 15 is 0 Å². The maximum atomic E-state index is 13.6. The van der Waals surface area contributed by atoms with Crippen molar-refractivity contribution in [3.8, 4) is 6.07 Å². The first-order valence-corrected chi connectivity index (χ1v) is 6.93. The lowest BCUT2D eigenvalue weighted by atomic mass is 10.0. The second-order valence-electron chi connectivity index (χ2n) is 4.93. The number of carbonyl (C=O) groups is 1. The number of piperidine rings is 1. The molecule has 1 saturated heterocycles. The molecule has 2 rings (SSSR count). The number of hydrogen-bond acceptors (Lipinski definition) is 3. The summed E-state index contributed by atoms with van der Waals surface area (Å²) < 4.78 is 27.0. The fourth-order valence-corrected chi connectivity index (χ4v) is 2.45. The summed E-state index contributed by atoms with van der Waals surface area (Å²) in [5.74, 6) is -2.32. The normalized spacial score (nSPS) is 16.5. The maximum absolute atomic E-state index is 13.6. The van der Waals surface area contributed by atoms with Gasteiger partial charge in [-0.1, -0.05) is 11.6 Å². The molecule has 1 fully saturated rings. The number of rotatable bonds is 3. The Kier molecular flexibility index (Phi) is 5.10. The standard InChI is InChI=1S/C14H14ClF2N3O/c15-11-8-12(16)10(7-13(11)17)14(21)19-9-1-4-20(5-2-9)6-3-18/h7-9H,1-2,4-6H2,(H,19,21). The molecule has 0 radical (unpaired) electrons. The second kappa shape index (κ2) is 6.83. The van der Waals surface area contributed by atoms with Crippen molar-refractivity contribution in [2.24, 2.45) is 0 Å². The third-order valence-corrected chi connectivity index (χ3v) is 3.76. The highest BCUT2D eigenvalue weighted by Crippen LogP contribution is 2.20. The maximum Gasteiger partial charge on any atom is 0.254 e. The summed E-state index contributed by atoms with van der Waals surface area (Å²) in [6, 6.07) is 3.56. The monoisotopic (exact) mass is 313 g/mol. The van der Waals surface area contributed by atoms with Crippen LogP contribution >= 0.6 is 11.6 Å². The van der Waals surface area contributed by atoms with Crippen LogP contribution in [0.5, 0.6) is 0 Å². The minimum absolute atomic E-state index is 0.106. The average molecular weight is 314 g/mol. The molecule has 21 heavy (non-hydrogen) atoms. The Labute approximate surface area is 126 Å². The largest absolute Gasteiger partial charge is 0.349 e. The van der Waals surface area contributed by atoms with Gasteiger partial charge >= 0.3 is 0 Å². The smallest absolute Gasteiger partial charge is 0.254 e.